The first-order valence-corrected chi connectivity index (χ1v) is 9.64. The molecule has 1 amide bonds. The molecule has 0 fully saturated rings. The van der Waals surface area contributed by atoms with Crippen molar-refractivity contribution in [2.24, 2.45) is 4.99 Å². The lowest BCUT2D eigenvalue weighted by Gasteiger charge is -2.29. The van der Waals surface area contributed by atoms with E-state index >= 15 is 0 Å². The first-order chi connectivity index (χ1) is 13.2. The lowest BCUT2D eigenvalue weighted by Crippen LogP contribution is -2.45. The molecule has 0 atom stereocenters. The Morgan fingerprint density at radius 1 is 1.15 bits per heavy atom. The Bertz CT molecular complexity index is 821. The summed E-state index contributed by atoms with van der Waals surface area (Å²) < 4.78 is 0. The van der Waals surface area contributed by atoms with E-state index in [1.807, 2.05) is 42.2 Å². The van der Waals surface area contributed by atoms with E-state index in [0.717, 1.165) is 25.1 Å². The molecular weight excluding hydrogens is 360 g/mol. The lowest BCUT2D eigenvalue weighted by molar-refractivity contribution is -0.130. The molecule has 0 radical (unpaired) electrons. The molecule has 0 spiro atoms. The summed E-state index contributed by atoms with van der Waals surface area (Å²) >= 11 is 6.02. The highest BCUT2D eigenvalue weighted by Gasteiger charge is 2.20. The summed E-state index contributed by atoms with van der Waals surface area (Å²) in [6, 6.07) is 15.9. The minimum absolute atomic E-state index is 0.0814. The molecule has 0 saturated heterocycles. The fraction of sp³-hybridized carbons (Fsp3) is 0.333. The van der Waals surface area contributed by atoms with Crippen molar-refractivity contribution in [2.45, 2.75) is 26.4 Å². The van der Waals surface area contributed by atoms with Crippen LogP contribution in [0.25, 0.3) is 0 Å². The number of carbonyl (C=O) groups is 1. The van der Waals surface area contributed by atoms with Gasteiger partial charge in [-0.3, -0.25) is 4.79 Å². The van der Waals surface area contributed by atoms with Gasteiger partial charge in [-0.15, -0.1) is 0 Å². The number of amides is 1. The van der Waals surface area contributed by atoms with Crippen molar-refractivity contribution in [3.05, 3.63) is 70.2 Å². The molecule has 0 saturated carbocycles. The summed E-state index contributed by atoms with van der Waals surface area (Å²) in [5.74, 6) is 0.709. The molecule has 1 heterocycles. The second-order valence-corrected chi connectivity index (χ2v) is 6.95. The van der Waals surface area contributed by atoms with Crippen LogP contribution in [0, 0.1) is 0 Å². The Kier molecular flexibility index (Phi) is 6.71. The van der Waals surface area contributed by atoms with Gasteiger partial charge in [0.15, 0.2) is 5.96 Å². The average molecular weight is 385 g/mol. The zero-order valence-electron chi connectivity index (χ0n) is 15.5. The summed E-state index contributed by atoms with van der Waals surface area (Å²) in [6.45, 7) is 4.89. The molecule has 0 unspecified atom stereocenters. The maximum absolute atomic E-state index is 12.6. The van der Waals surface area contributed by atoms with Gasteiger partial charge >= 0.3 is 0 Å². The number of nitrogens with one attached hydrogen (secondary N) is 2. The SMILES string of the molecule is CCNC(=NCc1cccc(Cl)c1)NCC(=O)N1CCc2ccccc2C1. The smallest absolute Gasteiger partial charge is 0.242 e. The van der Waals surface area contributed by atoms with E-state index in [2.05, 4.69) is 33.8 Å². The molecule has 2 N–H and O–H groups in total. The Balaban J connectivity index is 1.56. The molecule has 0 aromatic heterocycles. The molecule has 0 aliphatic carbocycles. The number of aliphatic imine (C=N–C) groups is 1. The van der Waals surface area contributed by atoms with Gasteiger partial charge in [0.05, 0.1) is 13.1 Å². The van der Waals surface area contributed by atoms with Crippen LogP contribution in [-0.2, 0) is 24.3 Å². The second-order valence-electron chi connectivity index (χ2n) is 6.51. The number of carbonyl (C=O) groups excluding carboxylic acids is 1. The van der Waals surface area contributed by atoms with Crippen LogP contribution in [0.2, 0.25) is 5.02 Å². The van der Waals surface area contributed by atoms with Crippen molar-refractivity contribution in [1.82, 2.24) is 15.5 Å². The fourth-order valence-electron chi connectivity index (χ4n) is 3.13. The van der Waals surface area contributed by atoms with Gasteiger partial charge < -0.3 is 15.5 Å². The third-order valence-electron chi connectivity index (χ3n) is 4.54. The Hall–Kier alpha value is -2.53. The number of halogens is 1. The third kappa shape index (κ3) is 5.47. The van der Waals surface area contributed by atoms with Gasteiger partial charge in [0.2, 0.25) is 5.91 Å². The minimum Gasteiger partial charge on any atom is -0.357 e. The monoisotopic (exact) mass is 384 g/mol. The highest BCUT2D eigenvalue weighted by molar-refractivity contribution is 6.30. The van der Waals surface area contributed by atoms with Crippen molar-refractivity contribution in [3.8, 4) is 0 Å². The Morgan fingerprint density at radius 3 is 2.74 bits per heavy atom. The maximum Gasteiger partial charge on any atom is 0.242 e. The first kappa shape index (κ1) is 19.2. The Labute approximate surface area is 165 Å². The van der Waals surface area contributed by atoms with Crippen LogP contribution < -0.4 is 10.6 Å². The van der Waals surface area contributed by atoms with E-state index in [4.69, 9.17) is 11.6 Å². The standard InChI is InChI=1S/C21H25ClN4O/c1-2-23-21(24-13-16-6-5-9-19(22)12-16)25-14-20(27)26-11-10-17-7-3-4-8-18(17)15-26/h3-9,12H,2,10-11,13-15H2,1H3,(H2,23,24,25). The number of guanidine groups is 1. The topological polar surface area (TPSA) is 56.7 Å². The first-order valence-electron chi connectivity index (χ1n) is 9.27. The van der Waals surface area contributed by atoms with Crippen LogP contribution in [-0.4, -0.2) is 36.4 Å². The molecule has 1 aliphatic heterocycles. The molecule has 6 heteroatoms. The lowest BCUT2D eigenvalue weighted by atomic mass is 10.00. The number of nitrogens with zero attached hydrogens (tertiary/aromatic N) is 2. The number of rotatable bonds is 5. The van der Waals surface area contributed by atoms with Crippen LogP contribution in [0.3, 0.4) is 0 Å². The van der Waals surface area contributed by atoms with Crippen molar-refractivity contribution in [2.75, 3.05) is 19.6 Å². The van der Waals surface area contributed by atoms with E-state index in [1.54, 1.807) is 0 Å². The predicted octanol–water partition coefficient (Wildman–Crippen LogP) is 2.98. The van der Waals surface area contributed by atoms with Gasteiger partial charge in [0, 0.05) is 24.7 Å². The molecule has 27 heavy (non-hydrogen) atoms. The normalized spacial score (nSPS) is 13.9. The molecule has 0 bridgehead atoms. The van der Waals surface area contributed by atoms with Gasteiger partial charge in [-0.1, -0.05) is 48.0 Å². The summed E-state index contributed by atoms with van der Waals surface area (Å²) in [5.41, 5.74) is 3.60. The number of hydrogen-bond acceptors (Lipinski definition) is 2. The van der Waals surface area contributed by atoms with Crippen LogP contribution in [0.4, 0.5) is 0 Å². The van der Waals surface area contributed by atoms with Gasteiger partial charge in [0.25, 0.3) is 0 Å². The van der Waals surface area contributed by atoms with Gasteiger partial charge in [-0.25, -0.2) is 4.99 Å². The molecule has 2 aromatic carbocycles. The van der Waals surface area contributed by atoms with Gasteiger partial charge in [0.1, 0.15) is 0 Å². The van der Waals surface area contributed by atoms with Crippen LogP contribution in [0.5, 0.6) is 0 Å². The van der Waals surface area contributed by atoms with Crippen molar-refractivity contribution in [1.29, 1.82) is 0 Å². The quantitative estimate of drug-likeness (QED) is 0.615. The van der Waals surface area contributed by atoms with Crippen LogP contribution >= 0.6 is 11.6 Å². The summed E-state index contributed by atoms with van der Waals surface area (Å²) in [5, 5.41) is 7.01. The third-order valence-corrected chi connectivity index (χ3v) is 4.78. The van der Waals surface area contributed by atoms with E-state index < -0.39 is 0 Å². The molecule has 2 aromatic rings. The van der Waals surface area contributed by atoms with E-state index in [-0.39, 0.29) is 12.5 Å². The van der Waals surface area contributed by atoms with E-state index in [0.29, 0.717) is 24.1 Å². The fourth-order valence-corrected chi connectivity index (χ4v) is 3.34. The zero-order valence-corrected chi connectivity index (χ0v) is 16.3. The molecule has 3 rings (SSSR count). The van der Waals surface area contributed by atoms with E-state index in [9.17, 15) is 4.79 Å². The van der Waals surface area contributed by atoms with Gasteiger partial charge in [-0.2, -0.15) is 0 Å². The maximum atomic E-state index is 12.6. The average Bonchev–Trinajstić information content (AvgIpc) is 2.69. The highest BCUT2D eigenvalue weighted by Crippen LogP contribution is 2.18. The molecule has 1 aliphatic rings. The van der Waals surface area contributed by atoms with Gasteiger partial charge in [-0.05, 0) is 42.2 Å². The van der Waals surface area contributed by atoms with Crippen molar-refractivity contribution >= 4 is 23.5 Å². The van der Waals surface area contributed by atoms with Crippen LogP contribution in [0.15, 0.2) is 53.5 Å². The second kappa shape index (κ2) is 9.42. The number of fused-ring (bicyclic) bond motifs is 1. The molecular formula is C21H25ClN4O. The molecule has 142 valence electrons. The number of benzene rings is 2. The minimum atomic E-state index is 0.0814. The summed E-state index contributed by atoms with van der Waals surface area (Å²) in [6.07, 6.45) is 0.908. The highest BCUT2D eigenvalue weighted by atomic mass is 35.5. The Morgan fingerprint density at radius 2 is 1.96 bits per heavy atom. The summed E-state index contributed by atoms with van der Waals surface area (Å²) in [4.78, 5) is 19.0. The largest absolute Gasteiger partial charge is 0.357 e. The number of hydrogen-bond donors (Lipinski definition) is 2. The summed E-state index contributed by atoms with van der Waals surface area (Å²) in [7, 11) is 0. The zero-order chi connectivity index (χ0) is 19.1. The van der Waals surface area contributed by atoms with E-state index in [1.165, 1.54) is 11.1 Å². The van der Waals surface area contributed by atoms with Crippen molar-refractivity contribution < 1.29 is 4.79 Å². The van der Waals surface area contributed by atoms with Crippen LogP contribution in [0.1, 0.15) is 23.6 Å². The molecule has 5 nitrogen and oxygen atoms in total. The predicted molar refractivity (Wildman–Crippen MR) is 110 cm³/mol. The van der Waals surface area contributed by atoms with Crippen molar-refractivity contribution in [3.63, 3.8) is 0 Å².